The number of anilines is 1. The van der Waals surface area contributed by atoms with Crippen molar-refractivity contribution in [3.8, 4) is 0 Å². The van der Waals surface area contributed by atoms with Crippen LogP contribution in [0.15, 0.2) is 18.2 Å². The molecule has 0 unspecified atom stereocenters. The highest BCUT2D eigenvalue weighted by Crippen LogP contribution is 2.27. The SMILES string of the molecule is O=Cc1ccc(N2CCS(=O)(=O)CC2)c(Cl)c1. The van der Waals surface area contributed by atoms with E-state index in [1.807, 2.05) is 4.90 Å². The molecule has 4 nitrogen and oxygen atoms in total. The normalized spacial score (nSPS) is 19.0. The van der Waals surface area contributed by atoms with Crippen molar-refractivity contribution in [2.75, 3.05) is 29.5 Å². The van der Waals surface area contributed by atoms with E-state index in [0.29, 0.717) is 23.7 Å². The second kappa shape index (κ2) is 4.66. The fourth-order valence-corrected chi connectivity index (χ4v) is 3.32. The Balaban J connectivity index is 2.21. The number of hydrogen-bond donors (Lipinski definition) is 0. The van der Waals surface area contributed by atoms with Crippen molar-refractivity contribution in [2.45, 2.75) is 0 Å². The van der Waals surface area contributed by atoms with E-state index < -0.39 is 9.84 Å². The summed E-state index contributed by atoms with van der Waals surface area (Å²) in [7, 11) is -2.89. The topological polar surface area (TPSA) is 54.5 Å². The third-order valence-corrected chi connectivity index (χ3v) is 4.70. The van der Waals surface area contributed by atoms with Gasteiger partial charge in [-0.2, -0.15) is 0 Å². The van der Waals surface area contributed by atoms with E-state index >= 15 is 0 Å². The molecule has 92 valence electrons. The summed E-state index contributed by atoms with van der Waals surface area (Å²) in [5, 5.41) is 0.480. The lowest BCUT2D eigenvalue weighted by Gasteiger charge is -2.29. The zero-order chi connectivity index (χ0) is 12.5. The van der Waals surface area contributed by atoms with Gasteiger partial charge in [0.05, 0.1) is 22.2 Å². The smallest absolute Gasteiger partial charge is 0.153 e. The highest BCUT2D eigenvalue weighted by molar-refractivity contribution is 7.91. The van der Waals surface area contributed by atoms with Gasteiger partial charge in [0.15, 0.2) is 9.84 Å². The molecule has 0 amide bonds. The molecule has 0 atom stereocenters. The molecule has 0 bridgehead atoms. The lowest BCUT2D eigenvalue weighted by molar-refractivity contribution is 0.112. The van der Waals surface area contributed by atoms with Gasteiger partial charge in [-0.1, -0.05) is 11.6 Å². The van der Waals surface area contributed by atoms with Gasteiger partial charge in [0.2, 0.25) is 0 Å². The monoisotopic (exact) mass is 273 g/mol. The maximum Gasteiger partial charge on any atom is 0.153 e. The highest BCUT2D eigenvalue weighted by Gasteiger charge is 2.22. The zero-order valence-electron chi connectivity index (χ0n) is 9.10. The van der Waals surface area contributed by atoms with Gasteiger partial charge in [-0.3, -0.25) is 4.79 Å². The van der Waals surface area contributed by atoms with E-state index in [9.17, 15) is 13.2 Å². The van der Waals surface area contributed by atoms with Crippen LogP contribution in [0.5, 0.6) is 0 Å². The second-order valence-corrected chi connectivity index (χ2v) is 6.68. The Bertz CT molecular complexity index is 528. The van der Waals surface area contributed by atoms with Crippen LogP contribution >= 0.6 is 11.6 Å². The van der Waals surface area contributed by atoms with Crippen molar-refractivity contribution in [3.63, 3.8) is 0 Å². The fourth-order valence-electron chi connectivity index (χ4n) is 1.81. The molecule has 0 aliphatic carbocycles. The number of carbonyl (C=O) groups is 1. The van der Waals surface area contributed by atoms with E-state index in [1.54, 1.807) is 18.2 Å². The van der Waals surface area contributed by atoms with Crippen molar-refractivity contribution in [2.24, 2.45) is 0 Å². The molecule has 1 saturated heterocycles. The van der Waals surface area contributed by atoms with Crippen molar-refractivity contribution in [1.29, 1.82) is 0 Å². The Morgan fingerprint density at radius 2 is 1.88 bits per heavy atom. The van der Waals surface area contributed by atoms with Gasteiger partial charge in [-0.15, -0.1) is 0 Å². The minimum Gasteiger partial charge on any atom is -0.368 e. The highest BCUT2D eigenvalue weighted by atomic mass is 35.5. The molecule has 6 heteroatoms. The molecule has 17 heavy (non-hydrogen) atoms. The van der Waals surface area contributed by atoms with E-state index in [1.165, 1.54) is 0 Å². The number of benzene rings is 1. The van der Waals surface area contributed by atoms with Crippen molar-refractivity contribution < 1.29 is 13.2 Å². The van der Waals surface area contributed by atoms with E-state index in [-0.39, 0.29) is 11.5 Å². The Labute approximate surface area is 105 Å². The number of carbonyl (C=O) groups excluding carboxylic acids is 1. The van der Waals surface area contributed by atoms with Gasteiger partial charge in [0.1, 0.15) is 6.29 Å². The molecule has 1 aliphatic rings. The van der Waals surface area contributed by atoms with Gasteiger partial charge < -0.3 is 4.90 Å². The van der Waals surface area contributed by atoms with Crippen LogP contribution in [-0.2, 0) is 9.84 Å². The number of rotatable bonds is 2. The second-order valence-electron chi connectivity index (χ2n) is 3.97. The molecule has 1 aromatic rings. The maximum absolute atomic E-state index is 11.3. The third kappa shape index (κ3) is 2.79. The fraction of sp³-hybridized carbons (Fsp3) is 0.364. The predicted octanol–water partition coefficient (Wildman–Crippen LogP) is 1.39. The first-order chi connectivity index (χ1) is 8.02. The lowest BCUT2D eigenvalue weighted by Crippen LogP contribution is -2.40. The molecule has 2 rings (SSSR count). The van der Waals surface area contributed by atoms with E-state index in [2.05, 4.69) is 0 Å². The number of aldehydes is 1. The molecule has 0 spiro atoms. The van der Waals surface area contributed by atoms with Gasteiger partial charge in [-0.25, -0.2) is 8.42 Å². The van der Waals surface area contributed by atoms with Crippen LogP contribution in [0.25, 0.3) is 0 Å². The summed E-state index contributed by atoms with van der Waals surface area (Å²) < 4.78 is 22.6. The van der Waals surface area contributed by atoms with Crippen LogP contribution in [0.2, 0.25) is 5.02 Å². The van der Waals surface area contributed by atoms with Crippen LogP contribution in [0.3, 0.4) is 0 Å². The van der Waals surface area contributed by atoms with Crippen LogP contribution in [-0.4, -0.2) is 39.3 Å². The molecule has 1 aliphatic heterocycles. The first-order valence-corrected chi connectivity index (χ1v) is 7.42. The summed E-state index contributed by atoms with van der Waals surface area (Å²) in [5.74, 6) is 0.303. The van der Waals surface area contributed by atoms with Crippen LogP contribution in [0.1, 0.15) is 10.4 Å². The molecule has 1 aromatic carbocycles. The molecule has 0 aromatic heterocycles. The van der Waals surface area contributed by atoms with Crippen LogP contribution < -0.4 is 4.90 Å². The van der Waals surface area contributed by atoms with Crippen LogP contribution in [0, 0.1) is 0 Å². The summed E-state index contributed by atoms with van der Waals surface area (Å²) in [6.45, 7) is 0.894. The largest absolute Gasteiger partial charge is 0.368 e. The van der Waals surface area contributed by atoms with Crippen molar-refractivity contribution >= 4 is 33.4 Å². The molecule has 1 heterocycles. The molecular weight excluding hydrogens is 262 g/mol. The summed E-state index contributed by atoms with van der Waals surface area (Å²) >= 11 is 6.06. The third-order valence-electron chi connectivity index (χ3n) is 2.79. The molecular formula is C11H12ClNO3S. The lowest BCUT2D eigenvalue weighted by atomic mass is 10.2. The zero-order valence-corrected chi connectivity index (χ0v) is 10.7. The molecule has 0 N–H and O–H groups in total. The van der Waals surface area contributed by atoms with E-state index in [4.69, 9.17) is 11.6 Å². The molecule has 0 saturated carbocycles. The van der Waals surface area contributed by atoms with Gasteiger partial charge in [-0.05, 0) is 18.2 Å². The van der Waals surface area contributed by atoms with Gasteiger partial charge in [0, 0.05) is 18.7 Å². The van der Waals surface area contributed by atoms with Crippen molar-refractivity contribution in [3.05, 3.63) is 28.8 Å². The van der Waals surface area contributed by atoms with Gasteiger partial charge in [0.25, 0.3) is 0 Å². The quantitative estimate of drug-likeness (QED) is 0.764. The predicted molar refractivity (Wildman–Crippen MR) is 67.7 cm³/mol. The Morgan fingerprint density at radius 3 is 2.41 bits per heavy atom. The minimum absolute atomic E-state index is 0.152. The van der Waals surface area contributed by atoms with E-state index in [0.717, 1.165) is 12.0 Å². The Hall–Kier alpha value is -1.07. The van der Waals surface area contributed by atoms with Crippen molar-refractivity contribution in [1.82, 2.24) is 0 Å². The standard InChI is InChI=1S/C11H12ClNO3S/c12-10-7-9(8-14)1-2-11(10)13-3-5-17(15,16)6-4-13/h1-2,7-8H,3-6H2. The maximum atomic E-state index is 11.3. The number of hydrogen-bond acceptors (Lipinski definition) is 4. The Kier molecular flexibility index (Phi) is 3.40. The molecule has 1 fully saturated rings. The average Bonchev–Trinajstić information content (AvgIpc) is 2.29. The molecule has 0 radical (unpaired) electrons. The Morgan fingerprint density at radius 1 is 1.24 bits per heavy atom. The number of sulfone groups is 1. The summed E-state index contributed by atoms with van der Waals surface area (Å²) in [5.41, 5.74) is 1.30. The van der Waals surface area contributed by atoms with Crippen LogP contribution in [0.4, 0.5) is 5.69 Å². The summed E-state index contributed by atoms with van der Waals surface area (Å²) in [6.07, 6.45) is 0.732. The summed E-state index contributed by atoms with van der Waals surface area (Å²) in [4.78, 5) is 12.5. The average molecular weight is 274 g/mol. The minimum atomic E-state index is -2.89. The number of halogens is 1. The number of nitrogens with zero attached hydrogens (tertiary/aromatic N) is 1. The van der Waals surface area contributed by atoms with Gasteiger partial charge >= 0.3 is 0 Å². The first-order valence-electron chi connectivity index (χ1n) is 5.22. The first kappa shape index (κ1) is 12.4. The summed E-state index contributed by atoms with van der Waals surface area (Å²) in [6, 6.07) is 5.02.